The van der Waals surface area contributed by atoms with Crippen molar-refractivity contribution in [2.45, 2.75) is 6.54 Å². The minimum absolute atomic E-state index is 0.226. The van der Waals surface area contributed by atoms with Crippen molar-refractivity contribution in [2.24, 2.45) is 0 Å². The minimum atomic E-state index is -0.342. The number of aromatic nitrogens is 3. The molecule has 120 valence electrons. The number of halogens is 1. The molecule has 6 nitrogen and oxygen atoms in total. The Morgan fingerprint density at radius 2 is 1.92 bits per heavy atom. The van der Waals surface area contributed by atoms with Crippen LogP contribution in [0.15, 0.2) is 61.2 Å². The Bertz CT molecular complexity index is 824. The van der Waals surface area contributed by atoms with Gasteiger partial charge in [-0.1, -0.05) is 17.7 Å². The highest BCUT2D eigenvalue weighted by atomic mass is 35.5. The standard InChI is InChI=1S/C17H14ClN5O/c18-13-2-1-3-14(8-13)23-17(24)15-10-22-16(11-20-15)21-9-12-4-6-19-7-5-12/h1-8,10-11H,9H2,(H,21,22)(H,23,24). The molecule has 0 aliphatic heterocycles. The molecule has 1 amide bonds. The van der Waals surface area contributed by atoms with Gasteiger partial charge in [-0.3, -0.25) is 9.78 Å². The van der Waals surface area contributed by atoms with E-state index in [1.165, 1.54) is 12.4 Å². The smallest absolute Gasteiger partial charge is 0.275 e. The van der Waals surface area contributed by atoms with Gasteiger partial charge in [-0.25, -0.2) is 9.97 Å². The molecule has 0 fully saturated rings. The summed E-state index contributed by atoms with van der Waals surface area (Å²) in [7, 11) is 0. The van der Waals surface area contributed by atoms with Crippen LogP contribution in [0.25, 0.3) is 0 Å². The van der Waals surface area contributed by atoms with E-state index in [4.69, 9.17) is 11.6 Å². The normalized spacial score (nSPS) is 10.2. The van der Waals surface area contributed by atoms with Crippen molar-refractivity contribution in [3.63, 3.8) is 0 Å². The van der Waals surface area contributed by atoms with E-state index in [-0.39, 0.29) is 11.6 Å². The molecule has 3 rings (SSSR count). The quantitative estimate of drug-likeness (QED) is 0.744. The monoisotopic (exact) mass is 339 g/mol. The van der Waals surface area contributed by atoms with E-state index in [0.29, 0.717) is 23.1 Å². The molecule has 1 aromatic carbocycles. The van der Waals surface area contributed by atoms with Crippen LogP contribution in [0, 0.1) is 0 Å². The summed E-state index contributed by atoms with van der Waals surface area (Å²) in [6.07, 6.45) is 6.40. The molecule has 0 saturated heterocycles. The number of amides is 1. The highest BCUT2D eigenvalue weighted by molar-refractivity contribution is 6.30. The molecule has 2 heterocycles. The minimum Gasteiger partial charge on any atom is -0.365 e. The van der Waals surface area contributed by atoms with Gasteiger partial charge < -0.3 is 10.6 Å². The van der Waals surface area contributed by atoms with E-state index in [2.05, 4.69) is 25.6 Å². The number of rotatable bonds is 5. The molecule has 0 saturated carbocycles. The van der Waals surface area contributed by atoms with Crippen LogP contribution in [0.1, 0.15) is 16.1 Å². The van der Waals surface area contributed by atoms with Crippen molar-refractivity contribution in [1.82, 2.24) is 15.0 Å². The molecule has 0 spiro atoms. The lowest BCUT2D eigenvalue weighted by molar-refractivity contribution is 0.102. The Morgan fingerprint density at radius 1 is 1.08 bits per heavy atom. The maximum absolute atomic E-state index is 12.1. The third-order valence-electron chi connectivity index (χ3n) is 3.19. The van der Waals surface area contributed by atoms with Crippen LogP contribution in [0.3, 0.4) is 0 Å². The van der Waals surface area contributed by atoms with E-state index in [1.807, 2.05) is 12.1 Å². The van der Waals surface area contributed by atoms with Gasteiger partial charge in [-0.2, -0.15) is 0 Å². The van der Waals surface area contributed by atoms with Gasteiger partial charge in [0.1, 0.15) is 11.5 Å². The molecule has 3 aromatic rings. The lowest BCUT2D eigenvalue weighted by Gasteiger charge is -2.07. The Kier molecular flexibility index (Phi) is 4.98. The Labute approximate surface area is 143 Å². The van der Waals surface area contributed by atoms with Crippen LogP contribution < -0.4 is 10.6 Å². The Hall–Kier alpha value is -2.99. The zero-order chi connectivity index (χ0) is 16.8. The van der Waals surface area contributed by atoms with Crippen molar-refractivity contribution in [3.8, 4) is 0 Å². The average molecular weight is 340 g/mol. The van der Waals surface area contributed by atoms with Gasteiger partial charge in [-0.05, 0) is 35.9 Å². The van der Waals surface area contributed by atoms with Gasteiger partial charge in [-0.15, -0.1) is 0 Å². The number of carbonyl (C=O) groups is 1. The lowest BCUT2D eigenvalue weighted by Crippen LogP contribution is -2.14. The van der Waals surface area contributed by atoms with Gasteiger partial charge in [0.25, 0.3) is 5.91 Å². The first-order valence-electron chi connectivity index (χ1n) is 7.22. The number of benzene rings is 1. The van der Waals surface area contributed by atoms with Gasteiger partial charge in [0.15, 0.2) is 0 Å². The molecule has 2 N–H and O–H groups in total. The van der Waals surface area contributed by atoms with Crippen molar-refractivity contribution in [3.05, 3.63) is 77.5 Å². The predicted octanol–water partition coefficient (Wildman–Crippen LogP) is 3.39. The number of anilines is 2. The summed E-state index contributed by atoms with van der Waals surface area (Å²) in [5.74, 6) is 0.247. The maximum atomic E-state index is 12.1. The molecular formula is C17H14ClN5O. The molecule has 2 aromatic heterocycles. The number of pyridine rings is 1. The van der Waals surface area contributed by atoms with E-state index in [9.17, 15) is 4.79 Å². The van der Waals surface area contributed by atoms with Crippen LogP contribution in [0.2, 0.25) is 5.02 Å². The second-order valence-electron chi connectivity index (χ2n) is 4.96. The van der Waals surface area contributed by atoms with Crippen molar-refractivity contribution >= 4 is 29.0 Å². The predicted molar refractivity (Wildman–Crippen MR) is 93.0 cm³/mol. The number of carbonyl (C=O) groups excluding carboxylic acids is 1. The van der Waals surface area contributed by atoms with Crippen molar-refractivity contribution in [2.75, 3.05) is 10.6 Å². The van der Waals surface area contributed by atoms with E-state index >= 15 is 0 Å². The number of nitrogens with one attached hydrogen (secondary N) is 2. The molecular weight excluding hydrogens is 326 g/mol. The summed E-state index contributed by atoms with van der Waals surface area (Å²) < 4.78 is 0. The fourth-order valence-electron chi connectivity index (χ4n) is 1.99. The Morgan fingerprint density at radius 3 is 2.62 bits per heavy atom. The molecule has 24 heavy (non-hydrogen) atoms. The van der Waals surface area contributed by atoms with E-state index < -0.39 is 0 Å². The molecule has 0 radical (unpaired) electrons. The summed E-state index contributed by atoms with van der Waals surface area (Å²) in [5, 5.41) is 6.41. The van der Waals surface area contributed by atoms with Gasteiger partial charge in [0.05, 0.1) is 12.4 Å². The van der Waals surface area contributed by atoms with Crippen LogP contribution in [0.5, 0.6) is 0 Å². The summed E-state index contributed by atoms with van der Waals surface area (Å²) in [5.41, 5.74) is 1.91. The molecule has 0 aliphatic carbocycles. The molecule has 0 atom stereocenters. The molecule has 0 unspecified atom stereocenters. The number of nitrogens with zero attached hydrogens (tertiary/aromatic N) is 3. The first kappa shape index (κ1) is 15.9. The topological polar surface area (TPSA) is 79.8 Å². The van der Waals surface area contributed by atoms with Crippen molar-refractivity contribution < 1.29 is 4.79 Å². The zero-order valence-electron chi connectivity index (χ0n) is 12.6. The average Bonchev–Trinajstić information content (AvgIpc) is 2.61. The van der Waals surface area contributed by atoms with E-state index in [1.54, 1.807) is 36.7 Å². The zero-order valence-corrected chi connectivity index (χ0v) is 13.4. The van der Waals surface area contributed by atoms with Crippen LogP contribution in [-0.4, -0.2) is 20.9 Å². The summed E-state index contributed by atoms with van der Waals surface area (Å²) in [6, 6.07) is 10.7. The molecule has 0 bridgehead atoms. The molecule has 7 heteroatoms. The van der Waals surface area contributed by atoms with E-state index in [0.717, 1.165) is 5.56 Å². The first-order valence-corrected chi connectivity index (χ1v) is 7.60. The fraction of sp³-hybridized carbons (Fsp3) is 0.0588. The highest BCUT2D eigenvalue weighted by Gasteiger charge is 2.08. The lowest BCUT2D eigenvalue weighted by atomic mass is 10.3. The first-order chi connectivity index (χ1) is 11.7. The van der Waals surface area contributed by atoms with Gasteiger partial charge in [0, 0.05) is 29.6 Å². The van der Waals surface area contributed by atoms with Crippen LogP contribution in [-0.2, 0) is 6.54 Å². The Balaban J connectivity index is 1.60. The third kappa shape index (κ3) is 4.27. The summed E-state index contributed by atoms with van der Waals surface area (Å²) >= 11 is 5.89. The fourth-order valence-corrected chi connectivity index (χ4v) is 2.18. The van der Waals surface area contributed by atoms with Gasteiger partial charge >= 0.3 is 0 Å². The summed E-state index contributed by atoms with van der Waals surface area (Å²) in [6.45, 7) is 0.602. The second kappa shape index (κ2) is 7.52. The third-order valence-corrected chi connectivity index (χ3v) is 3.43. The second-order valence-corrected chi connectivity index (χ2v) is 5.40. The summed E-state index contributed by atoms with van der Waals surface area (Å²) in [4.78, 5) is 24.4. The van der Waals surface area contributed by atoms with Crippen molar-refractivity contribution in [1.29, 1.82) is 0 Å². The number of hydrogen-bond acceptors (Lipinski definition) is 5. The van der Waals surface area contributed by atoms with Gasteiger partial charge in [0.2, 0.25) is 0 Å². The number of hydrogen-bond donors (Lipinski definition) is 2. The van der Waals surface area contributed by atoms with Crippen LogP contribution in [0.4, 0.5) is 11.5 Å². The maximum Gasteiger partial charge on any atom is 0.275 e. The molecule has 0 aliphatic rings. The SMILES string of the molecule is O=C(Nc1cccc(Cl)c1)c1cnc(NCc2ccncc2)cn1. The highest BCUT2D eigenvalue weighted by Crippen LogP contribution is 2.15. The van der Waals surface area contributed by atoms with Crippen LogP contribution >= 0.6 is 11.6 Å². The largest absolute Gasteiger partial charge is 0.365 e.